The van der Waals surface area contributed by atoms with E-state index < -0.39 is 12.0 Å². The average Bonchev–Trinajstić information content (AvgIpc) is 2.64. The number of carbonyl (C=O) groups is 1. The van der Waals surface area contributed by atoms with Crippen molar-refractivity contribution in [2.24, 2.45) is 0 Å². The molecule has 3 N–H and O–H groups in total. The van der Waals surface area contributed by atoms with Crippen molar-refractivity contribution in [1.82, 2.24) is 5.32 Å². The number of carboxylic acids is 1. The molecule has 1 rings (SSSR count). The molecule has 0 aliphatic heterocycles. The van der Waals surface area contributed by atoms with E-state index in [0.29, 0.717) is 6.04 Å². The van der Waals surface area contributed by atoms with Crippen LogP contribution >= 0.6 is 0 Å². The van der Waals surface area contributed by atoms with Gasteiger partial charge in [0.1, 0.15) is 6.04 Å². The molecule has 0 bridgehead atoms. The van der Waals surface area contributed by atoms with Crippen LogP contribution in [0.2, 0.25) is 0 Å². The smallest absolute Gasteiger partial charge is 0.323 e. The van der Waals surface area contributed by atoms with E-state index in [1.807, 2.05) is 0 Å². The molecule has 0 aromatic carbocycles. The van der Waals surface area contributed by atoms with E-state index in [0.717, 1.165) is 12.8 Å². The molecule has 0 spiro atoms. The summed E-state index contributed by atoms with van der Waals surface area (Å²) in [6.07, 6.45) is 2.06. The van der Waals surface area contributed by atoms with Gasteiger partial charge in [0, 0.05) is 35.6 Å². The maximum absolute atomic E-state index is 10.3. The Hall–Kier alpha value is 0.390. The molecule has 0 aromatic heterocycles. The second-order valence-corrected chi connectivity index (χ2v) is 2.51. The van der Waals surface area contributed by atoms with Crippen LogP contribution in [-0.2, 0) is 4.79 Å². The van der Waals surface area contributed by atoms with Crippen LogP contribution in [0.5, 0.6) is 0 Å². The van der Waals surface area contributed by atoms with E-state index in [1.54, 1.807) is 0 Å². The van der Waals surface area contributed by atoms with E-state index in [-0.39, 0.29) is 36.2 Å². The predicted molar refractivity (Wildman–Crippen MR) is 40.4 cm³/mol. The Labute approximate surface area is 87.3 Å². The molecular weight excluding hydrogens is 157 g/mol. The average molecular weight is 168 g/mol. The van der Waals surface area contributed by atoms with Crippen LogP contribution in [0.1, 0.15) is 12.8 Å². The van der Waals surface area contributed by atoms with Crippen LogP contribution in [0, 0.1) is 0 Å². The van der Waals surface area contributed by atoms with Gasteiger partial charge in [-0.1, -0.05) is 0 Å². The normalized spacial score (nSPS) is 18.6. The van der Waals surface area contributed by atoms with E-state index in [4.69, 9.17) is 10.2 Å². The van der Waals surface area contributed by atoms with Crippen LogP contribution in [0.3, 0.4) is 0 Å². The molecule has 1 atom stereocenters. The fourth-order valence-corrected chi connectivity index (χ4v) is 0.737. The first-order chi connectivity index (χ1) is 4.74. The van der Waals surface area contributed by atoms with Gasteiger partial charge in [-0.05, 0) is 12.8 Å². The molecule has 1 radical (unpaired) electrons. The molecule has 0 aromatic rings. The first kappa shape index (κ1) is 11.4. The third-order valence-corrected chi connectivity index (χ3v) is 1.49. The summed E-state index contributed by atoms with van der Waals surface area (Å²) in [5.74, 6) is -0.977. The molecule has 5 heteroatoms. The van der Waals surface area contributed by atoms with Crippen molar-refractivity contribution < 1.29 is 15.0 Å². The van der Waals surface area contributed by atoms with Crippen LogP contribution in [0.4, 0.5) is 0 Å². The fraction of sp³-hybridized carbons (Fsp3) is 0.833. The Bertz CT molecular complexity index is 138. The number of carboxylic acid groups (broad SMARTS) is 1. The van der Waals surface area contributed by atoms with Crippen molar-refractivity contribution in [3.63, 3.8) is 0 Å². The topological polar surface area (TPSA) is 69.6 Å². The molecule has 4 nitrogen and oxygen atoms in total. The van der Waals surface area contributed by atoms with Crippen molar-refractivity contribution in [3.05, 3.63) is 0 Å². The maximum Gasteiger partial charge on any atom is 0.323 e. The van der Waals surface area contributed by atoms with Crippen molar-refractivity contribution in [1.29, 1.82) is 0 Å². The summed E-state index contributed by atoms with van der Waals surface area (Å²) in [6, 6.07) is -0.444. The van der Waals surface area contributed by atoms with Gasteiger partial charge in [-0.3, -0.25) is 10.1 Å². The molecule has 0 saturated heterocycles. The number of nitrogens with one attached hydrogen (secondary N) is 1. The van der Waals surface area contributed by atoms with Gasteiger partial charge in [0.2, 0.25) is 0 Å². The van der Waals surface area contributed by atoms with Gasteiger partial charge in [0.05, 0.1) is 6.61 Å². The molecule has 1 aliphatic rings. The summed E-state index contributed by atoms with van der Waals surface area (Å²) < 4.78 is 0. The minimum atomic E-state index is -0.977. The van der Waals surface area contributed by atoms with E-state index in [9.17, 15) is 4.79 Å². The Morgan fingerprint density at radius 3 is 2.45 bits per heavy atom. The van der Waals surface area contributed by atoms with Gasteiger partial charge in [-0.2, -0.15) is 0 Å². The number of aliphatic carboxylic acids is 1. The summed E-state index contributed by atoms with van der Waals surface area (Å²) in [7, 11) is 0. The summed E-state index contributed by atoms with van der Waals surface area (Å²) in [4.78, 5) is 10.3. The number of hydrogen-bond acceptors (Lipinski definition) is 3. The van der Waals surface area contributed by atoms with Gasteiger partial charge in [-0.15, -0.1) is 0 Å². The van der Waals surface area contributed by atoms with Crippen LogP contribution in [-0.4, -0.2) is 64.4 Å². The van der Waals surface area contributed by atoms with Crippen molar-refractivity contribution in [2.75, 3.05) is 6.61 Å². The predicted octanol–water partition coefficient (Wildman–Crippen LogP) is -1.20. The molecule has 1 saturated carbocycles. The molecule has 11 heavy (non-hydrogen) atoms. The summed E-state index contributed by atoms with van der Waals surface area (Å²) in [5, 5.41) is 19.7. The Balaban J connectivity index is 0.000001000. The molecule has 1 fully saturated rings. The van der Waals surface area contributed by atoms with Gasteiger partial charge in [-0.25, -0.2) is 0 Å². The molecule has 1 unspecified atom stereocenters. The molecule has 59 valence electrons. The largest absolute Gasteiger partial charge is 0.480 e. The summed E-state index contributed by atoms with van der Waals surface area (Å²) in [5.41, 5.74) is 0. The summed E-state index contributed by atoms with van der Waals surface area (Å²) >= 11 is 0. The van der Waals surface area contributed by atoms with Gasteiger partial charge in [0.15, 0.2) is 0 Å². The molecule has 0 amide bonds. The summed E-state index contributed by atoms with van der Waals surface area (Å²) in [6.45, 7) is -0.328. The number of aliphatic hydroxyl groups excluding tert-OH is 1. The quantitative estimate of drug-likeness (QED) is 0.461. The molecule has 1 aliphatic carbocycles. The minimum Gasteiger partial charge on any atom is -0.480 e. The Morgan fingerprint density at radius 2 is 2.18 bits per heavy atom. The zero-order valence-electron chi connectivity index (χ0n) is 6.58. The van der Waals surface area contributed by atoms with E-state index in [2.05, 4.69) is 5.32 Å². The monoisotopic (exact) mass is 168 g/mol. The Kier molecular flexibility index (Phi) is 5.29. The minimum absolute atomic E-state index is 0. The van der Waals surface area contributed by atoms with Gasteiger partial charge < -0.3 is 10.2 Å². The zero-order valence-corrected chi connectivity index (χ0v) is 8.58. The maximum atomic E-state index is 10.3. The van der Waals surface area contributed by atoms with E-state index in [1.165, 1.54) is 0 Å². The van der Waals surface area contributed by atoms with Crippen molar-refractivity contribution in [3.8, 4) is 0 Å². The van der Waals surface area contributed by atoms with Crippen molar-refractivity contribution in [2.45, 2.75) is 24.9 Å². The number of rotatable bonds is 4. The van der Waals surface area contributed by atoms with Crippen LogP contribution in [0.25, 0.3) is 0 Å². The van der Waals surface area contributed by atoms with Crippen LogP contribution < -0.4 is 5.32 Å². The zero-order chi connectivity index (χ0) is 7.56. The first-order valence-corrected chi connectivity index (χ1v) is 3.33. The van der Waals surface area contributed by atoms with Gasteiger partial charge in [0.25, 0.3) is 0 Å². The van der Waals surface area contributed by atoms with Crippen molar-refractivity contribution >= 4 is 35.5 Å². The second kappa shape index (κ2) is 5.11. The Morgan fingerprint density at radius 1 is 1.64 bits per heavy atom. The van der Waals surface area contributed by atoms with Crippen LogP contribution in [0.15, 0.2) is 0 Å². The molecular formula is C6H11NNaO3. The third kappa shape index (κ3) is 4.08. The fourth-order valence-electron chi connectivity index (χ4n) is 0.737. The molecule has 0 heterocycles. The standard InChI is InChI=1S/C6H11NO3.Na/c8-3-5(6(9)10)7-4-1-2-4;/h4-5,7-8H,1-3H2,(H,9,10);. The first-order valence-electron chi connectivity index (χ1n) is 3.33. The number of hydrogen-bond donors (Lipinski definition) is 3. The third-order valence-electron chi connectivity index (χ3n) is 1.49. The van der Waals surface area contributed by atoms with E-state index >= 15 is 0 Å². The van der Waals surface area contributed by atoms with Gasteiger partial charge >= 0.3 is 5.97 Å². The number of aliphatic hydroxyl groups is 1. The SMILES string of the molecule is O=C(O)C(CO)NC1CC1.[Na]. The second-order valence-electron chi connectivity index (χ2n) is 2.51.